The molecule has 1 aliphatic carbocycles. The van der Waals surface area contributed by atoms with Crippen molar-refractivity contribution < 1.29 is 4.79 Å². The van der Waals surface area contributed by atoms with Crippen molar-refractivity contribution in [2.24, 2.45) is 17.6 Å². The van der Waals surface area contributed by atoms with E-state index < -0.39 is 0 Å². The molecule has 0 aliphatic heterocycles. The van der Waals surface area contributed by atoms with E-state index in [1.165, 1.54) is 12.8 Å². The first-order valence-corrected chi connectivity index (χ1v) is 8.23. The fourth-order valence-electron chi connectivity index (χ4n) is 2.88. The first-order chi connectivity index (χ1) is 11.1. The highest BCUT2D eigenvalue weighted by Crippen LogP contribution is 2.40. The van der Waals surface area contributed by atoms with Gasteiger partial charge in [0.05, 0.1) is 18.2 Å². The van der Waals surface area contributed by atoms with E-state index in [4.69, 9.17) is 5.73 Å². The number of nitrogens with one attached hydrogen (secondary N) is 1. The van der Waals surface area contributed by atoms with Crippen LogP contribution in [0.1, 0.15) is 44.3 Å². The molecule has 1 saturated carbocycles. The highest BCUT2D eigenvalue weighted by molar-refractivity contribution is 5.92. The van der Waals surface area contributed by atoms with Gasteiger partial charge in [0.25, 0.3) is 0 Å². The summed E-state index contributed by atoms with van der Waals surface area (Å²) in [7, 11) is 0. The van der Waals surface area contributed by atoms with Crippen LogP contribution in [-0.4, -0.2) is 15.7 Å². The number of anilines is 1. The van der Waals surface area contributed by atoms with Crippen LogP contribution in [0.3, 0.4) is 0 Å². The topological polar surface area (TPSA) is 72.9 Å². The zero-order chi connectivity index (χ0) is 16.4. The zero-order valence-electron chi connectivity index (χ0n) is 13.6. The summed E-state index contributed by atoms with van der Waals surface area (Å²) in [6.07, 6.45) is 4.21. The van der Waals surface area contributed by atoms with Crippen LogP contribution in [0.2, 0.25) is 0 Å². The van der Waals surface area contributed by atoms with E-state index in [-0.39, 0.29) is 17.9 Å². The van der Waals surface area contributed by atoms with Crippen LogP contribution < -0.4 is 11.1 Å². The highest BCUT2D eigenvalue weighted by atomic mass is 16.2. The van der Waals surface area contributed by atoms with Crippen LogP contribution in [0.5, 0.6) is 0 Å². The minimum Gasteiger partial charge on any atom is -0.323 e. The van der Waals surface area contributed by atoms with E-state index in [2.05, 4.69) is 17.3 Å². The maximum absolute atomic E-state index is 12.6. The summed E-state index contributed by atoms with van der Waals surface area (Å²) < 4.78 is 1.91. The number of amides is 1. The molecule has 3 unspecified atom stereocenters. The molecular weight excluding hydrogens is 288 g/mol. The van der Waals surface area contributed by atoms with Gasteiger partial charge in [0, 0.05) is 12.1 Å². The second-order valence-electron chi connectivity index (χ2n) is 6.45. The van der Waals surface area contributed by atoms with Gasteiger partial charge in [-0.2, -0.15) is 5.10 Å². The summed E-state index contributed by atoms with van der Waals surface area (Å²) in [5.74, 6) is 1.03. The Bertz CT molecular complexity index is 663. The lowest BCUT2D eigenvalue weighted by Crippen LogP contribution is -2.31. The average molecular weight is 312 g/mol. The third kappa shape index (κ3) is 3.45. The highest BCUT2D eigenvalue weighted by Gasteiger charge is 2.31. The first-order valence-electron chi connectivity index (χ1n) is 8.23. The number of rotatable bonds is 6. The molecule has 5 nitrogen and oxygen atoms in total. The summed E-state index contributed by atoms with van der Waals surface area (Å²) in [5.41, 5.74) is 7.21. The van der Waals surface area contributed by atoms with E-state index in [0.717, 1.165) is 11.4 Å². The Hall–Kier alpha value is -2.14. The lowest BCUT2D eigenvalue weighted by molar-refractivity contribution is -0.120. The van der Waals surface area contributed by atoms with Crippen LogP contribution in [0, 0.1) is 11.8 Å². The van der Waals surface area contributed by atoms with Crippen LogP contribution >= 0.6 is 0 Å². The molecule has 1 aromatic carbocycles. The summed E-state index contributed by atoms with van der Waals surface area (Å²) in [6, 6.07) is 11.6. The number of benzene rings is 1. The van der Waals surface area contributed by atoms with Gasteiger partial charge >= 0.3 is 0 Å². The fourth-order valence-corrected chi connectivity index (χ4v) is 2.88. The lowest BCUT2D eigenvalue weighted by Gasteiger charge is -2.21. The molecule has 0 radical (unpaired) electrons. The number of hydrogen-bond donors (Lipinski definition) is 2. The van der Waals surface area contributed by atoms with Gasteiger partial charge in [-0.05, 0) is 31.2 Å². The quantitative estimate of drug-likeness (QED) is 0.860. The minimum absolute atomic E-state index is 0.0777. The van der Waals surface area contributed by atoms with E-state index in [0.29, 0.717) is 12.0 Å². The predicted octanol–water partition coefficient (Wildman–Crippen LogP) is 3.13. The van der Waals surface area contributed by atoms with Crippen molar-refractivity contribution in [3.8, 4) is 0 Å². The molecule has 0 spiro atoms. The van der Waals surface area contributed by atoms with Crippen LogP contribution in [-0.2, 0) is 4.79 Å². The second kappa shape index (κ2) is 6.54. The maximum Gasteiger partial charge on any atom is 0.230 e. The number of hydrogen-bond acceptors (Lipinski definition) is 3. The number of carbonyl (C=O) groups is 1. The van der Waals surface area contributed by atoms with Crippen LogP contribution in [0.25, 0.3) is 0 Å². The number of carbonyl (C=O) groups excluding carboxylic acids is 1. The zero-order valence-corrected chi connectivity index (χ0v) is 13.6. The predicted molar refractivity (Wildman–Crippen MR) is 90.8 cm³/mol. The molecule has 1 amide bonds. The summed E-state index contributed by atoms with van der Waals surface area (Å²) in [6.45, 7) is 4.01. The Morgan fingerprint density at radius 2 is 1.96 bits per heavy atom. The third-order valence-corrected chi connectivity index (χ3v) is 4.75. The Balaban J connectivity index is 1.68. The van der Waals surface area contributed by atoms with Crippen molar-refractivity contribution in [2.75, 3.05) is 5.32 Å². The lowest BCUT2D eigenvalue weighted by atomic mass is 9.95. The summed E-state index contributed by atoms with van der Waals surface area (Å²) in [4.78, 5) is 12.6. The van der Waals surface area contributed by atoms with Crippen molar-refractivity contribution in [1.82, 2.24) is 9.78 Å². The molecular formula is C18H24N4O. The van der Waals surface area contributed by atoms with Gasteiger partial charge in [-0.25, -0.2) is 4.68 Å². The van der Waals surface area contributed by atoms with Gasteiger partial charge in [-0.1, -0.05) is 37.3 Å². The number of nitrogens with zero attached hydrogens (tertiary/aromatic N) is 2. The Morgan fingerprint density at radius 3 is 2.61 bits per heavy atom. The Kier molecular flexibility index (Phi) is 4.48. The average Bonchev–Trinajstić information content (AvgIpc) is 3.33. The number of nitrogens with two attached hydrogens (primary N) is 1. The normalized spacial score (nSPS) is 18.2. The van der Waals surface area contributed by atoms with Gasteiger partial charge in [0.2, 0.25) is 5.91 Å². The Labute approximate surface area is 136 Å². The summed E-state index contributed by atoms with van der Waals surface area (Å²) in [5, 5.41) is 7.35. The van der Waals surface area contributed by atoms with Crippen molar-refractivity contribution in [2.45, 2.75) is 38.8 Å². The Morgan fingerprint density at radius 1 is 1.26 bits per heavy atom. The van der Waals surface area contributed by atoms with Crippen molar-refractivity contribution in [3.05, 3.63) is 48.2 Å². The monoisotopic (exact) mass is 312 g/mol. The van der Waals surface area contributed by atoms with E-state index in [9.17, 15) is 4.79 Å². The molecule has 2 aromatic rings. The second-order valence-corrected chi connectivity index (χ2v) is 6.45. The van der Waals surface area contributed by atoms with Gasteiger partial charge in [-0.3, -0.25) is 4.79 Å². The van der Waals surface area contributed by atoms with Gasteiger partial charge in [0.1, 0.15) is 5.82 Å². The van der Waals surface area contributed by atoms with E-state index in [1.807, 2.05) is 48.0 Å². The van der Waals surface area contributed by atoms with Gasteiger partial charge < -0.3 is 11.1 Å². The molecule has 122 valence electrons. The molecule has 23 heavy (non-hydrogen) atoms. The first kappa shape index (κ1) is 15.7. The third-order valence-electron chi connectivity index (χ3n) is 4.75. The van der Waals surface area contributed by atoms with Crippen molar-refractivity contribution in [1.29, 1.82) is 0 Å². The molecule has 0 bridgehead atoms. The fraction of sp³-hybridized carbons (Fsp3) is 0.444. The molecule has 3 rings (SSSR count). The van der Waals surface area contributed by atoms with Gasteiger partial charge in [-0.15, -0.1) is 0 Å². The van der Waals surface area contributed by atoms with Crippen LogP contribution in [0.4, 0.5) is 5.82 Å². The molecule has 1 heterocycles. The molecule has 1 fully saturated rings. The minimum atomic E-state index is -0.326. The molecule has 5 heteroatoms. The number of aromatic nitrogens is 2. The smallest absolute Gasteiger partial charge is 0.230 e. The van der Waals surface area contributed by atoms with E-state index >= 15 is 0 Å². The van der Waals surface area contributed by atoms with Crippen molar-refractivity contribution in [3.63, 3.8) is 0 Å². The molecule has 1 aliphatic rings. The molecule has 0 saturated heterocycles. The largest absolute Gasteiger partial charge is 0.323 e. The van der Waals surface area contributed by atoms with Gasteiger partial charge in [0.15, 0.2) is 0 Å². The molecule has 1 aromatic heterocycles. The summed E-state index contributed by atoms with van der Waals surface area (Å²) >= 11 is 0. The van der Waals surface area contributed by atoms with Crippen LogP contribution in [0.15, 0.2) is 42.6 Å². The van der Waals surface area contributed by atoms with E-state index in [1.54, 1.807) is 6.20 Å². The maximum atomic E-state index is 12.6. The standard InChI is InChI=1S/C18H24N4O/c1-12(17(19)15-6-4-3-5-7-15)18(23)21-16-10-11-20-22(16)13(2)14-8-9-14/h3-7,10-14,17H,8-9,19H2,1-2H3,(H,21,23). The molecule has 3 atom stereocenters. The molecule has 3 N–H and O–H groups in total. The SMILES string of the molecule is CC(C(=O)Nc1ccnn1C(C)C1CC1)C(N)c1ccccc1. The van der Waals surface area contributed by atoms with Crippen molar-refractivity contribution >= 4 is 11.7 Å².